The smallest absolute Gasteiger partial charge is 0.138 e. The molecule has 1 aliphatic rings. The van der Waals surface area contributed by atoms with E-state index in [2.05, 4.69) is 22.2 Å². The molecule has 0 spiro atoms. The quantitative estimate of drug-likeness (QED) is 0.873. The Bertz CT molecular complexity index is 581. The number of aryl methyl sites for hydroxylation is 1. The molecule has 3 rings (SSSR count). The molecule has 1 N–H and O–H groups in total. The number of methoxy groups -OCH3 is 1. The average Bonchev–Trinajstić information content (AvgIpc) is 2.77. The normalized spacial score (nSPS) is 18.5. The average molecular weight is 277 g/mol. The van der Waals surface area contributed by atoms with Crippen LogP contribution < -0.4 is 5.32 Å². The van der Waals surface area contributed by atoms with Gasteiger partial charge < -0.3 is 10.1 Å². The molecular weight excluding hydrogens is 258 g/mol. The molecule has 19 heavy (non-hydrogen) atoms. The fourth-order valence-corrected chi connectivity index (χ4v) is 4.03. The summed E-state index contributed by atoms with van der Waals surface area (Å²) in [4.78, 5) is 11.5. The highest BCUT2D eigenvalue weighted by atomic mass is 32.1. The fraction of sp³-hybridized carbons (Fsp3) is 0.571. The molecule has 0 aromatic carbocycles. The molecule has 0 saturated heterocycles. The molecule has 1 aliphatic carbocycles. The van der Waals surface area contributed by atoms with E-state index >= 15 is 0 Å². The third kappa shape index (κ3) is 2.44. The lowest BCUT2D eigenvalue weighted by Gasteiger charge is -2.18. The van der Waals surface area contributed by atoms with Crippen LogP contribution in [-0.4, -0.2) is 30.2 Å². The van der Waals surface area contributed by atoms with Gasteiger partial charge in [-0.15, -0.1) is 11.3 Å². The minimum Gasteiger partial charge on any atom is -0.383 e. The van der Waals surface area contributed by atoms with E-state index in [4.69, 9.17) is 4.74 Å². The summed E-state index contributed by atoms with van der Waals surface area (Å²) in [7, 11) is 1.71. The number of anilines is 1. The summed E-state index contributed by atoms with van der Waals surface area (Å²) in [6.45, 7) is 3.80. The van der Waals surface area contributed by atoms with Crippen molar-refractivity contribution in [3.05, 3.63) is 16.8 Å². The van der Waals surface area contributed by atoms with E-state index in [1.54, 1.807) is 13.4 Å². The Kier molecular flexibility index (Phi) is 3.66. The van der Waals surface area contributed by atoms with Crippen molar-refractivity contribution in [1.29, 1.82) is 0 Å². The predicted octanol–water partition coefficient (Wildman–Crippen LogP) is 2.87. The molecule has 2 aromatic heterocycles. The highest BCUT2D eigenvalue weighted by Gasteiger charge is 2.22. The number of hydrogen-bond donors (Lipinski definition) is 1. The van der Waals surface area contributed by atoms with Gasteiger partial charge in [-0.2, -0.15) is 0 Å². The lowest BCUT2D eigenvalue weighted by atomic mass is 9.89. The summed E-state index contributed by atoms with van der Waals surface area (Å²) >= 11 is 1.83. The van der Waals surface area contributed by atoms with Crippen LogP contribution in [0.25, 0.3) is 10.2 Å². The van der Waals surface area contributed by atoms with Crippen molar-refractivity contribution >= 4 is 27.4 Å². The van der Waals surface area contributed by atoms with E-state index in [9.17, 15) is 0 Å². The SMILES string of the molecule is COCCNc1ncnc2sc3c(c12)CC[C@@H](C)C3. The molecular formula is C14H19N3OS. The van der Waals surface area contributed by atoms with Crippen molar-refractivity contribution in [1.82, 2.24) is 9.97 Å². The predicted molar refractivity (Wildman–Crippen MR) is 79.0 cm³/mol. The van der Waals surface area contributed by atoms with Gasteiger partial charge in [-0.25, -0.2) is 9.97 Å². The maximum atomic E-state index is 5.08. The van der Waals surface area contributed by atoms with Crippen molar-refractivity contribution in [2.45, 2.75) is 26.2 Å². The second-order valence-corrected chi connectivity index (χ2v) is 6.26. The molecule has 1 atom stereocenters. The van der Waals surface area contributed by atoms with Gasteiger partial charge in [0.25, 0.3) is 0 Å². The van der Waals surface area contributed by atoms with Gasteiger partial charge in [-0.1, -0.05) is 6.92 Å². The Morgan fingerprint density at radius 1 is 1.47 bits per heavy atom. The lowest BCUT2D eigenvalue weighted by molar-refractivity contribution is 0.210. The molecule has 2 aromatic rings. The summed E-state index contributed by atoms with van der Waals surface area (Å²) in [6, 6.07) is 0. The largest absolute Gasteiger partial charge is 0.383 e. The Hall–Kier alpha value is -1.20. The second-order valence-electron chi connectivity index (χ2n) is 5.17. The number of rotatable bonds is 4. The lowest BCUT2D eigenvalue weighted by Crippen LogP contribution is -2.11. The maximum Gasteiger partial charge on any atom is 0.138 e. The Balaban J connectivity index is 1.99. The van der Waals surface area contributed by atoms with E-state index in [0.717, 1.165) is 29.5 Å². The van der Waals surface area contributed by atoms with E-state index in [1.807, 2.05) is 11.3 Å². The van der Waals surface area contributed by atoms with Gasteiger partial charge in [-0.3, -0.25) is 0 Å². The van der Waals surface area contributed by atoms with Crippen LogP contribution in [0.2, 0.25) is 0 Å². The van der Waals surface area contributed by atoms with Crippen molar-refractivity contribution in [2.75, 3.05) is 25.6 Å². The van der Waals surface area contributed by atoms with Crippen LogP contribution in [0, 0.1) is 5.92 Å². The molecule has 0 unspecified atom stereocenters. The molecule has 5 heteroatoms. The number of nitrogens with zero attached hydrogens (tertiary/aromatic N) is 2. The first kappa shape index (κ1) is 12.8. The van der Waals surface area contributed by atoms with Gasteiger partial charge in [0.15, 0.2) is 0 Å². The van der Waals surface area contributed by atoms with Crippen molar-refractivity contribution in [3.63, 3.8) is 0 Å². The van der Waals surface area contributed by atoms with Crippen LogP contribution in [0.1, 0.15) is 23.8 Å². The van der Waals surface area contributed by atoms with Gasteiger partial charge >= 0.3 is 0 Å². The Labute approximate surface area is 117 Å². The van der Waals surface area contributed by atoms with E-state index in [1.165, 1.54) is 28.7 Å². The topological polar surface area (TPSA) is 47.0 Å². The van der Waals surface area contributed by atoms with Crippen LogP contribution in [0.5, 0.6) is 0 Å². The molecule has 0 amide bonds. The van der Waals surface area contributed by atoms with Crippen LogP contribution in [0.3, 0.4) is 0 Å². The van der Waals surface area contributed by atoms with E-state index in [0.29, 0.717) is 6.61 Å². The zero-order chi connectivity index (χ0) is 13.2. The minimum absolute atomic E-state index is 0.689. The second kappa shape index (κ2) is 5.43. The van der Waals surface area contributed by atoms with Gasteiger partial charge in [0.2, 0.25) is 0 Å². The van der Waals surface area contributed by atoms with Gasteiger partial charge in [0, 0.05) is 18.5 Å². The number of fused-ring (bicyclic) bond motifs is 3. The van der Waals surface area contributed by atoms with E-state index < -0.39 is 0 Å². The highest BCUT2D eigenvalue weighted by Crippen LogP contribution is 2.39. The zero-order valence-corrected chi connectivity index (χ0v) is 12.2. The molecule has 0 saturated carbocycles. The molecule has 0 bridgehead atoms. The molecule has 0 fully saturated rings. The van der Waals surface area contributed by atoms with Gasteiger partial charge in [-0.05, 0) is 30.7 Å². The number of hydrogen-bond acceptors (Lipinski definition) is 5. The molecule has 102 valence electrons. The van der Waals surface area contributed by atoms with Crippen molar-refractivity contribution in [2.24, 2.45) is 5.92 Å². The maximum absolute atomic E-state index is 5.08. The summed E-state index contributed by atoms with van der Waals surface area (Å²) in [5.41, 5.74) is 1.47. The summed E-state index contributed by atoms with van der Waals surface area (Å²) in [5.74, 6) is 1.76. The Morgan fingerprint density at radius 3 is 3.21 bits per heavy atom. The van der Waals surface area contributed by atoms with Gasteiger partial charge in [0.1, 0.15) is 17.0 Å². The number of aromatic nitrogens is 2. The number of thiophene rings is 1. The number of ether oxygens (including phenoxy) is 1. The molecule has 4 nitrogen and oxygen atoms in total. The van der Waals surface area contributed by atoms with E-state index in [-0.39, 0.29) is 0 Å². The highest BCUT2D eigenvalue weighted by molar-refractivity contribution is 7.19. The third-order valence-corrected chi connectivity index (χ3v) is 4.85. The first-order chi connectivity index (χ1) is 9.29. The van der Waals surface area contributed by atoms with Crippen molar-refractivity contribution < 1.29 is 4.74 Å². The fourth-order valence-electron chi connectivity index (χ4n) is 2.68. The Morgan fingerprint density at radius 2 is 2.37 bits per heavy atom. The van der Waals surface area contributed by atoms with Gasteiger partial charge in [0.05, 0.1) is 12.0 Å². The van der Waals surface area contributed by atoms with Crippen molar-refractivity contribution in [3.8, 4) is 0 Å². The summed E-state index contributed by atoms with van der Waals surface area (Å²) in [6.07, 6.45) is 5.27. The third-order valence-electron chi connectivity index (χ3n) is 3.69. The summed E-state index contributed by atoms with van der Waals surface area (Å²) in [5, 5.41) is 4.61. The summed E-state index contributed by atoms with van der Waals surface area (Å²) < 4.78 is 5.08. The first-order valence-corrected chi connectivity index (χ1v) is 7.59. The molecule has 0 radical (unpaired) electrons. The zero-order valence-electron chi connectivity index (χ0n) is 11.4. The first-order valence-electron chi connectivity index (χ1n) is 6.77. The van der Waals surface area contributed by atoms with Crippen LogP contribution >= 0.6 is 11.3 Å². The number of nitrogens with one attached hydrogen (secondary N) is 1. The monoisotopic (exact) mass is 277 g/mol. The van der Waals surface area contributed by atoms with Crippen LogP contribution in [0.15, 0.2) is 6.33 Å². The van der Waals surface area contributed by atoms with Crippen LogP contribution in [-0.2, 0) is 17.6 Å². The standard InChI is InChI=1S/C14H19N3OS/c1-9-3-4-10-11(7-9)19-14-12(10)13(16-8-17-14)15-5-6-18-2/h8-9H,3-7H2,1-2H3,(H,15,16,17)/t9-/m1/s1. The minimum atomic E-state index is 0.689. The molecule has 2 heterocycles. The molecule has 0 aliphatic heterocycles. The van der Waals surface area contributed by atoms with Crippen LogP contribution in [0.4, 0.5) is 5.82 Å².